The number of hydrogen-bond donors (Lipinski definition) is 1. The van der Waals surface area contributed by atoms with Gasteiger partial charge in [0.05, 0.1) is 0 Å². The fraction of sp³-hybridized carbons (Fsp3) is 0.143. The molecule has 4 heteroatoms. The van der Waals surface area contributed by atoms with Gasteiger partial charge < -0.3 is 5.32 Å². The maximum absolute atomic E-state index is 13.1. The van der Waals surface area contributed by atoms with Gasteiger partial charge in [0, 0.05) is 16.7 Å². The van der Waals surface area contributed by atoms with Crippen LogP contribution in [0.25, 0.3) is 0 Å². The first-order chi connectivity index (χ1) is 8.56. The zero-order chi connectivity index (χ0) is 13.1. The minimum Gasteiger partial charge on any atom is -0.381 e. The fourth-order valence-corrected chi connectivity index (χ4v) is 2.11. The summed E-state index contributed by atoms with van der Waals surface area (Å²) in [6, 6.07) is 9.40. The molecule has 1 N–H and O–H groups in total. The van der Waals surface area contributed by atoms with Gasteiger partial charge in [-0.05, 0) is 48.4 Å². The Morgan fingerprint density at radius 2 is 1.89 bits per heavy atom. The highest BCUT2D eigenvalue weighted by atomic mass is 79.9. The first-order valence-electron chi connectivity index (χ1n) is 5.50. The van der Waals surface area contributed by atoms with Gasteiger partial charge in [0.1, 0.15) is 11.6 Å². The van der Waals surface area contributed by atoms with E-state index in [9.17, 15) is 8.78 Å². The predicted octanol–water partition coefficient (Wildman–Crippen LogP) is 4.65. The molecular formula is C14H12BrF2N. The topological polar surface area (TPSA) is 12.0 Å². The van der Waals surface area contributed by atoms with Crippen molar-refractivity contribution in [2.75, 3.05) is 5.32 Å². The molecule has 0 amide bonds. The van der Waals surface area contributed by atoms with Crippen LogP contribution in [-0.4, -0.2) is 0 Å². The lowest BCUT2D eigenvalue weighted by Crippen LogP contribution is -2.01. The van der Waals surface area contributed by atoms with Crippen molar-refractivity contribution < 1.29 is 8.78 Å². The van der Waals surface area contributed by atoms with Crippen LogP contribution in [-0.2, 0) is 6.54 Å². The lowest BCUT2D eigenvalue weighted by Gasteiger charge is -2.09. The Balaban J connectivity index is 2.09. The summed E-state index contributed by atoms with van der Waals surface area (Å²) in [7, 11) is 0. The quantitative estimate of drug-likeness (QED) is 0.870. The number of halogens is 3. The van der Waals surface area contributed by atoms with Gasteiger partial charge in [-0.2, -0.15) is 0 Å². The molecule has 0 aliphatic rings. The third kappa shape index (κ3) is 3.07. The predicted molar refractivity (Wildman–Crippen MR) is 72.6 cm³/mol. The van der Waals surface area contributed by atoms with Crippen LogP contribution in [0.1, 0.15) is 11.1 Å². The Morgan fingerprint density at radius 1 is 1.11 bits per heavy atom. The Bertz CT molecular complexity index is 570. The molecule has 0 heterocycles. The summed E-state index contributed by atoms with van der Waals surface area (Å²) in [5.74, 6) is -0.494. The van der Waals surface area contributed by atoms with E-state index in [0.29, 0.717) is 16.6 Å². The molecule has 0 spiro atoms. The van der Waals surface area contributed by atoms with E-state index in [-0.39, 0.29) is 11.6 Å². The monoisotopic (exact) mass is 311 g/mol. The molecule has 0 aromatic heterocycles. The van der Waals surface area contributed by atoms with E-state index in [4.69, 9.17) is 0 Å². The van der Waals surface area contributed by atoms with Crippen LogP contribution in [0.5, 0.6) is 0 Å². The van der Waals surface area contributed by atoms with E-state index in [1.54, 1.807) is 25.1 Å². The molecule has 0 aliphatic carbocycles. The van der Waals surface area contributed by atoms with Gasteiger partial charge in [0.2, 0.25) is 0 Å². The second-order valence-electron chi connectivity index (χ2n) is 4.05. The summed E-state index contributed by atoms with van der Waals surface area (Å²) in [6.45, 7) is 2.26. The molecule has 0 fully saturated rings. The van der Waals surface area contributed by atoms with Crippen molar-refractivity contribution in [3.8, 4) is 0 Å². The molecule has 0 saturated heterocycles. The summed E-state index contributed by atoms with van der Waals surface area (Å²) in [5, 5.41) is 3.17. The van der Waals surface area contributed by atoms with E-state index < -0.39 is 0 Å². The van der Waals surface area contributed by atoms with Gasteiger partial charge in [0.25, 0.3) is 0 Å². The average molecular weight is 312 g/mol. The standard InChI is InChI=1S/C14H12BrF2N/c1-9-6-12(4-5-14(9)17)18-8-10-2-3-11(16)7-13(10)15/h2-7,18H,8H2,1H3. The molecule has 2 aromatic rings. The largest absolute Gasteiger partial charge is 0.381 e. The van der Waals surface area contributed by atoms with Gasteiger partial charge >= 0.3 is 0 Å². The average Bonchev–Trinajstić information content (AvgIpc) is 2.32. The minimum absolute atomic E-state index is 0.219. The molecule has 2 aromatic carbocycles. The van der Waals surface area contributed by atoms with Gasteiger partial charge in [-0.25, -0.2) is 8.78 Å². The first kappa shape index (κ1) is 13.0. The van der Waals surface area contributed by atoms with Crippen LogP contribution in [0.2, 0.25) is 0 Å². The molecule has 0 unspecified atom stereocenters. The third-order valence-electron chi connectivity index (χ3n) is 2.66. The van der Waals surface area contributed by atoms with Crippen LogP contribution < -0.4 is 5.32 Å². The van der Waals surface area contributed by atoms with Crippen molar-refractivity contribution in [3.63, 3.8) is 0 Å². The number of hydrogen-bond acceptors (Lipinski definition) is 1. The number of benzene rings is 2. The molecule has 18 heavy (non-hydrogen) atoms. The van der Waals surface area contributed by atoms with Crippen LogP contribution in [0.3, 0.4) is 0 Å². The van der Waals surface area contributed by atoms with Crippen molar-refractivity contribution in [1.29, 1.82) is 0 Å². The van der Waals surface area contributed by atoms with Crippen molar-refractivity contribution in [2.45, 2.75) is 13.5 Å². The lowest BCUT2D eigenvalue weighted by molar-refractivity contribution is 0.618. The zero-order valence-corrected chi connectivity index (χ0v) is 11.4. The Hall–Kier alpha value is -1.42. The molecule has 0 atom stereocenters. The van der Waals surface area contributed by atoms with Crippen molar-refractivity contribution in [3.05, 3.63) is 63.6 Å². The van der Waals surface area contributed by atoms with Crippen LogP contribution in [0.15, 0.2) is 40.9 Å². The summed E-state index contributed by atoms with van der Waals surface area (Å²) >= 11 is 3.31. The van der Waals surface area contributed by atoms with Crippen molar-refractivity contribution >= 4 is 21.6 Å². The smallest absolute Gasteiger partial charge is 0.126 e. The minimum atomic E-state index is -0.275. The van der Waals surface area contributed by atoms with Crippen LogP contribution >= 0.6 is 15.9 Å². The Labute approximate surface area is 113 Å². The molecule has 0 radical (unpaired) electrons. The normalized spacial score (nSPS) is 10.4. The number of anilines is 1. The van der Waals surface area contributed by atoms with Gasteiger partial charge in [-0.15, -0.1) is 0 Å². The van der Waals surface area contributed by atoms with Crippen molar-refractivity contribution in [2.24, 2.45) is 0 Å². The Morgan fingerprint density at radius 3 is 2.56 bits per heavy atom. The zero-order valence-electron chi connectivity index (χ0n) is 9.81. The highest BCUT2D eigenvalue weighted by molar-refractivity contribution is 9.10. The third-order valence-corrected chi connectivity index (χ3v) is 3.39. The van der Waals surface area contributed by atoms with Crippen LogP contribution in [0, 0.1) is 18.6 Å². The molecule has 1 nitrogen and oxygen atoms in total. The number of rotatable bonds is 3. The first-order valence-corrected chi connectivity index (χ1v) is 6.29. The SMILES string of the molecule is Cc1cc(NCc2ccc(F)cc2Br)ccc1F. The summed E-state index contributed by atoms with van der Waals surface area (Å²) in [5.41, 5.74) is 2.38. The number of nitrogens with one attached hydrogen (secondary N) is 1. The molecule has 94 valence electrons. The summed E-state index contributed by atoms with van der Waals surface area (Å²) in [4.78, 5) is 0. The van der Waals surface area contributed by atoms with E-state index in [1.165, 1.54) is 18.2 Å². The van der Waals surface area contributed by atoms with E-state index in [0.717, 1.165) is 11.3 Å². The van der Waals surface area contributed by atoms with Gasteiger partial charge in [-0.3, -0.25) is 0 Å². The van der Waals surface area contributed by atoms with Crippen molar-refractivity contribution in [1.82, 2.24) is 0 Å². The highest BCUT2D eigenvalue weighted by Crippen LogP contribution is 2.20. The van der Waals surface area contributed by atoms with Gasteiger partial charge in [-0.1, -0.05) is 22.0 Å². The molecule has 2 rings (SSSR count). The second-order valence-corrected chi connectivity index (χ2v) is 4.91. The molecule has 0 saturated carbocycles. The lowest BCUT2D eigenvalue weighted by atomic mass is 10.2. The second kappa shape index (κ2) is 5.48. The summed E-state index contributed by atoms with van der Waals surface area (Å²) in [6.07, 6.45) is 0. The van der Waals surface area contributed by atoms with E-state index in [1.807, 2.05) is 0 Å². The molecular weight excluding hydrogens is 300 g/mol. The van der Waals surface area contributed by atoms with Crippen LogP contribution in [0.4, 0.5) is 14.5 Å². The summed E-state index contributed by atoms with van der Waals surface area (Å²) < 4.78 is 26.7. The fourth-order valence-electron chi connectivity index (χ4n) is 1.62. The highest BCUT2D eigenvalue weighted by Gasteiger charge is 2.03. The maximum atomic E-state index is 13.1. The van der Waals surface area contributed by atoms with E-state index >= 15 is 0 Å². The molecule has 0 bridgehead atoms. The number of aryl methyl sites for hydroxylation is 1. The van der Waals surface area contributed by atoms with E-state index in [2.05, 4.69) is 21.2 Å². The molecule has 0 aliphatic heterocycles. The maximum Gasteiger partial charge on any atom is 0.126 e. The van der Waals surface area contributed by atoms with Gasteiger partial charge in [0.15, 0.2) is 0 Å². The Kier molecular flexibility index (Phi) is 3.97.